The molecule has 0 aromatic rings. The molecule has 0 spiro atoms. The van der Waals surface area contributed by atoms with Gasteiger partial charge in [0.1, 0.15) is 0 Å². The summed E-state index contributed by atoms with van der Waals surface area (Å²) in [6.45, 7) is 8.89. The number of carbonyl (C=O) groups is 1. The Bertz CT molecular complexity index is 452. The minimum absolute atomic E-state index is 0.447. The van der Waals surface area contributed by atoms with Crippen LogP contribution in [0.5, 0.6) is 0 Å². The van der Waals surface area contributed by atoms with Crippen LogP contribution in [-0.4, -0.2) is 23.9 Å². The Morgan fingerprint density at radius 3 is 0.825 bits per heavy atom. The van der Waals surface area contributed by atoms with Crippen molar-refractivity contribution in [2.75, 3.05) is 13.1 Å². The molecule has 0 aromatic carbocycles. The highest BCUT2D eigenvalue weighted by Gasteiger charge is 2.12. The molecule has 0 saturated heterocycles. The Hall–Kier alpha value is -0.530. The second-order valence-corrected chi connectivity index (χ2v) is 13.0. The van der Waals surface area contributed by atoms with E-state index in [1.54, 1.807) is 0 Å². The van der Waals surface area contributed by atoms with E-state index in [1.165, 1.54) is 193 Å². The molecule has 0 unspecified atom stereocenters. The molecular formula is C38H77NO. The van der Waals surface area contributed by atoms with Gasteiger partial charge in [-0.25, -0.2) is 0 Å². The van der Waals surface area contributed by atoms with Crippen molar-refractivity contribution in [1.29, 1.82) is 0 Å². The average Bonchev–Trinajstić information content (AvgIpc) is 2.96. The Labute approximate surface area is 254 Å². The molecule has 240 valence electrons. The van der Waals surface area contributed by atoms with Crippen LogP contribution >= 0.6 is 0 Å². The molecule has 0 N–H and O–H groups in total. The van der Waals surface area contributed by atoms with Gasteiger partial charge in [-0.05, 0) is 19.3 Å². The van der Waals surface area contributed by atoms with Crippen LogP contribution in [0.25, 0.3) is 0 Å². The fourth-order valence-corrected chi connectivity index (χ4v) is 6.04. The molecule has 0 saturated carbocycles. The van der Waals surface area contributed by atoms with Crippen molar-refractivity contribution in [2.45, 2.75) is 226 Å². The molecule has 40 heavy (non-hydrogen) atoms. The number of carbonyl (C=O) groups excluding carboxylic acids is 1. The maximum absolute atomic E-state index is 13.1. The van der Waals surface area contributed by atoms with E-state index in [1.807, 2.05) is 0 Å². The molecule has 1 amide bonds. The first-order valence-electron chi connectivity index (χ1n) is 19.0. The molecule has 0 aromatic heterocycles. The molecule has 0 bridgehead atoms. The fourth-order valence-electron chi connectivity index (χ4n) is 6.04. The topological polar surface area (TPSA) is 20.3 Å². The summed E-state index contributed by atoms with van der Waals surface area (Å²) >= 11 is 0. The van der Waals surface area contributed by atoms with Gasteiger partial charge in [0.05, 0.1) is 0 Å². The third-order valence-electron chi connectivity index (χ3n) is 8.91. The minimum Gasteiger partial charge on any atom is -0.343 e. The van der Waals surface area contributed by atoms with Gasteiger partial charge in [-0.3, -0.25) is 4.79 Å². The van der Waals surface area contributed by atoms with Crippen LogP contribution in [0, 0.1) is 0 Å². The van der Waals surface area contributed by atoms with Gasteiger partial charge >= 0.3 is 0 Å². The number of unbranched alkanes of at least 4 members (excludes halogenated alkanes) is 28. The van der Waals surface area contributed by atoms with Crippen molar-refractivity contribution in [3.63, 3.8) is 0 Å². The van der Waals surface area contributed by atoms with Crippen LogP contribution in [0.3, 0.4) is 0 Å². The average molecular weight is 564 g/mol. The lowest BCUT2D eigenvalue weighted by Crippen LogP contribution is -2.32. The predicted molar refractivity (Wildman–Crippen MR) is 181 cm³/mol. The Kier molecular flexibility index (Phi) is 34.2. The van der Waals surface area contributed by atoms with Crippen molar-refractivity contribution in [3.8, 4) is 0 Å². The normalized spacial score (nSPS) is 11.4. The molecule has 0 fully saturated rings. The van der Waals surface area contributed by atoms with E-state index in [-0.39, 0.29) is 0 Å². The van der Waals surface area contributed by atoms with Crippen molar-refractivity contribution in [2.24, 2.45) is 0 Å². The number of hydrogen-bond acceptors (Lipinski definition) is 1. The molecule has 2 nitrogen and oxygen atoms in total. The standard InChI is InChI=1S/C38H77NO/c1-4-7-10-13-16-19-22-23-26-29-32-35-38(40)39(36-33-30-27-24-20-17-14-11-8-5-2)37-34-31-28-25-21-18-15-12-9-6-3/h4-37H2,1-3H3. The van der Waals surface area contributed by atoms with Gasteiger partial charge < -0.3 is 4.90 Å². The Morgan fingerprint density at radius 1 is 0.325 bits per heavy atom. The van der Waals surface area contributed by atoms with Crippen molar-refractivity contribution < 1.29 is 4.79 Å². The van der Waals surface area contributed by atoms with Gasteiger partial charge in [-0.15, -0.1) is 0 Å². The van der Waals surface area contributed by atoms with Crippen LogP contribution in [0.2, 0.25) is 0 Å². The first-order valence-corrected chi connectivity index (χ1v) is 19.0. The molecule has 0 radical (unpaired) electrons. The quantitative estimate of drug-likeness (QED) is 0.0713. The summed E-state index contributed by atoms with van der Waals surface area (Å²) in [5.74, 6) is 0.447. The van der Waals surface area contributed by atoms with Crippen LogP contribution < -0.4 is 0 Å². The highest BCUT2D eigenvalue weighted by molar-refractivity contribution is 5.76. The van der Waals surface area contributed by atoms with E-state index in [4.69, 9.17) is 0 Å². The minimum atomic E-state index is 0.447. The smallest absolute Gasteiger partial charge is 0.222 e. The number of amides is 1. The maximum Gasteiger partial charge on any atom is 0.222 e. The Morgan fingerprint density at radius 2 is 0.550 bits per heavy atom. The largest absolute Gasteiger partial charge is 0.343 e. The number of rotatable bonds is 34. The van der Waals surface area contributed by atoms with Gasteiger partial charge in [0.2, 0.25) is 5.91 Å². The predicted octanol–water partition coefficient (Wildman–Crippen LogP) is 13.4. The van der Waals surface area contributed by atoms with Gasteiger partial charge in [0, 0.05) is 19.5 Å². The van der Waals surface area contributed by atoms with Gasteiger partial charge in [0.15, 0.2) is 0 Å². The highest BCUT2D eigenvalue weighted by Crippen LogP contribution is 2.15. The second kappa shape index (κ2) is 34.7. The van der Waals surface area contributed by atoms with E-state index in [9.17, 15) is 4.79 Å². The van der Waals surface area contributed by atoms with Gasteiger partial charge in [0.25, 0.3) is 0 Å². The zero-order valence-electron chi connectivity index (χ0n) is 28.4. The first-order chi connectivity index (χ1) is 19.8. The van der Waals surface area contributed by atoms with Gasteiger partial charge in [-0.2, -0.15) is 0 Å². The van der Waals surface area contributed by atoms with Gasteiger partial charge in [-0.1, -0.05) is 201 Å². The summed E-state index contributed by atoms with van der Waals surface area (Å²) in [7, 11) is 0. The summed E-state index contributed by atoms with van der Waals surface area (Å²) in [5, 5.41) is 0. The molecule has 0 heterocycles. The molecule has 0 aliphatic rings. The number of nitrogens with zero attached hydrogens (tertiary/aromatic N) is 1. The number of hydrogen-bond donors (Lipinski definition) is 0. The zero-order valence-corrected chi connectivity index (χ0v) is 28.4. The lowest BCUT2D eigenvalue weighted by Gasteiger charge is -2.23. The summed E-state index contributed by atoms with van der Waals surface area (Å²) in [5.41, 5.74) is 0. The highest BCUT2D eigenvalue weighted by atomic mass is 16.2. The maximum atomic E-state index is 13.1. The lowest BCUT2D eigenvalue weighted by atomic mass is 10.0. The molecule has 2 heteroatoms. The monoisotopic (exact) mass is 564 g/mol. The lowest BCUT2D eigenvalue weighted by molar-refractivity contribution is -0.131. The van der Waals surface area contributed by atoms with Crippen LogP contribution in [0.15, 0.2) is 0 Å². The van der Waals surface area contributed by atoms with E-state index in [0.717, 1.165) is 25.9 Å². The first kappa shape index (κ1) is 39.5. The summed E-state index contributed by atoms with van der Waals surface area (Å²) < 4.78 is 0. The summed E-state index contributed by atoms with van der Waals surface area (Å²) in [6, 6.07) is 0. The van der Waals surface area contributed by atoms with E-state index in [0.29, 0.717) is 5.91 Å². The Balaban J connectivity index is 4.05. The van der Waals surface area contributed by atoms with E-state index >= 15 is 0 Å². The molecular weight excluding hydrogens is 486 g/mol. The third kappa shape index (κ3) is 30.4. The van der Waals surface area contributed by atoms with Crippen LogP contribution in [0.1, 0.15) is 226 Å². The summed E-state index contributed by atoms with van der Waals surface area (Å²) in [4.78, 5) is 15.4. The molecule has 0 aliphatic heterocycles. The van der Waals surface area contributed by atoms with Crippen molar-refractivity contribution >= 4 is 5.91 Å². The van der Waals surface area contributed by atoms with E-state index < -0.39 is 0 Å². The second-order valence-electron chi connectivity index (χ2n) is 13.0. The van der Waals surface area contributed by atoms with Crippen LogP contribution in [-0.2, 0) is 4.79 Å². The SMILES string of the molecule is CCCCCCCCCCCCCC(=O)N(CCCCCCCCCCCC)CCCCCCCCCCCC. The molecule has 0 atom stereocenters. The van der Waals surface area contributed by atoms with Crippen molar-refractivity contribution in [3.05, 3.63) is 0 Å². The summed E-state index contributed by atoms with van der Waals surface area (Å²) in [6.07, 6.45) is 43.0. The third-order valence-corrected chi connectivity index (χ3v) is 8.91. The van der Waals surface area contributed by atoms with Crippen molar-refractivity contribution in [1.82, 2.24) is 4.90 Å². The molecule has 0 aliphatic carbocycles. The zero-order chi connectivity index (χ0) is 29.2. The van der Waals surface area contributed by atoms with Crippen LogP contribution in [0.4, 0.5) is 0 Å². The van der Waals surface area contributed by atoms with E-state index in [2.05, 4.69) is 25.7 Å². The fraction of sp³-hybridized carbons (Fsp3) is 0.974. The molecule has 0 rings (SSSR count).